The number of nitrogens with zero attached hydrogens (tertiary/aromatic N) is 3. The molecule has 0 fully saturated rings. The second kappa shape index (κ2) is 13.7. The number of sulfone groups is 1. The largest absolute Gasteiger partial charge is 0.484 e. The van der Waals surface area contributed by atoms with Gasteiger partial charge in [0.2, 0.25) is 5.91 Å². The molecule has 16 heteroatoms. The number of carbonyl (C=O) groups excluding carboxylic acids is 1. The van der Waals surface area contributed by atoms with Crippen LogP contribution in [-0.4, -0.2) is 59.6 Å². The van der Waals surface area contributed by atoms with Crippen molar-refractivity contribution in [2.75, 3.05) is 24.7 Å². The average Bonchev–Trinajstić information content (AvgIpc) is 3.00. The minimum Gasteiger partial charge on any atom is -0.484 e. The molecule has 0 aliphatic carbocycles. The van der Waals surface area contributed by atoms with Crippen molar-refractivity contribution in [3.63, 3.8) is 0 Å². The maximum absolute atomic E-state index is 13.9. The van der Waals surface area contributed by atoms with E-state index in [0.717, 1.165) is 15.5 Å². The van der Waals surface area contributed by atoms with E-state index < -0.39 is 76.4 Å². The Morgan fingerprint density at radius 3 is 2.28 bits per heavy atom. The second-order valence-electron chi connectivity index (χ2n) is 10.5. The lowest BCUT2D eigenvalue weighted by Gasteiger charge is -2.31. The number of hydrogen-bond acceptors (Lipinski definition) is 6. The summed E-state index contributed by atoms with van der Waals surface area (Å²) in [6.45, 7) is 0.849. The Hall–Kier alpha value is -4.47. The van der Waals surface area contributed by atoms with Crippen LogP contribution in [0.4, 0.5) is 30.7 Å². The van der Waals surface area contributed by atoms with Crippen LogP contribution in [0.3, 0.4) is 0 Å². The molecule has 0 spiro atoms. The summed E-state index contributed by atoms with van der Waals surface area (Å²) in [7, 11) is -3.67. The van der Waals surface area contributed by atoms with E-state index in [1.807, 2.05) is 0 Å². The van der Waals surface area contributed by atoms with E-state index in [1.165, 1.54) is 50.2 Å². The molecule has 1 aromatic heterocycles. The molecule has 3 aromatic carbocycles. The monoisotopic (exact) mass is 687 g/mol. The highest BCUT2D eigenvalue weighted by Crippen LogP contribution is 2.32. The molecule has 4 aromatic rings. The number of hydrogen-bond donors (Lipinski definition) is 0. The number of carbonyl (C=O) groups is 1. The van der Waals surface area contributed by atoms with Gasteiger partial charge in [-0.05, 0) is 61.0 Å². The third-order valence-corrected chi connectivity index (χ3v) is 8.92. The maximum Gasteiger partial charge on any atom is 0.422 e. The van der Waals surface area contributed by atoms with Crippen molar-refractivity contribution < 1.29 is 48.7 Å². The zero-order chi connectivity index (χ0) is 34.7. The molecule has 1 heterocycles. The van der Waals surface area contributed by atoms with Gasteiger partial charge in [0.1, 0.15) is 17.4 Å². The van der Waals surface area contributed by atoms with Gasteiger partial charge in [0.25, 0.3) is 5.56 Å². The second-order valence-corrected chi connectivity index (χ2v) is 13.0. The molecule has 0 bridgehead atoms. The zero-order valence-corrected chi connectivity index (χ0v) is 25.7. The molecular formula is C31H28F7N3O5S. The summed E-state index contributed by atoms with van der Waals surface area (Å²) in [5, 5.41) is 0.151. The summed E-state index contributed by atoms with van der Waals surface area (Å²) in [4.78, 5) is 33.1. The number of aromatic nitrogens is 2. The van der Waals surface area contributed by atoms with Crippen molar-refractivity contribution in [3.8, 4) is 11.4 Å². The van der Waals surface area contributed by atoms with Crippen LogP contribution in [0.15, 0.2) is 71.5 Å². The van der Waals surface area contributed by atoms with Crippen LogP contribution in [0.5, 0.6) is 5.75 Å². The van der Waals surface area contributed by atoms with Crippen LogP contribution in [0.2, 0.25) is 0 Å². The van der Waals surface area contributed by atoms with Crippen molar-refractivity contribution >= 4 is 26.6 Å². The molecule has 1 unspecified atom stereocenters. The molecule has 252 valence electrons. The van der Waals surface area contributed by atoms with Gasteiger partial charge >= 0.3 is 12.4 Å². The fourth-order valence-electron chi connectivity index (χ4n) is 4.77. The van der Waals surface area contributed by atoms with E-state index in [2.05, 4.69) is 4.98 Å². The van der Waals surface area contributed by atoms with Crippen molar-refractivity contribution in [1.82, 2.24) is 14.5 Å². The first-order valence-electron chi connectivity index (χ1n) is 14.1. The van der Waals surface area contributed by atoms with E-state index >= 15 is 0 Å². The van der Waals surface area contributed by atoms with E-state index in [-0.39, 0.29) is 39.5 Å². The first-order valence-corrected chi connectivity index (χ1v) is 15.9. The van der Waals surface area contributed by atoms with Crippen LogP contribution in [0.25, 0.3) is 16.6 Å². The minimum absolute atomic E-state index is 0.0741. The number of ether oxygens (including phenoxy) is 1. The lowest BCUT2D eigenvalue weighted by atomic mass is 10.1. The summed E-state index contributed by atoms with van der Waals surface area (Å²) in [6.07, 6.45) is -10.3. The highest BCUT2D eigenvalue weighted by molar-refractivity contribution is 7.91. The number of amides is 1. The summed E-state index contributed by atoms with van der Waals surface area (Å²) >= 11 is 0. The molecule has 47 heavy (non-hydrogen) atoms. The zero-order valence-electron chi connectivity index (χ0n) is 24.9. The third-order valence-electron chi connectivity index (χ3n) is 7.24. The van der Waals surface area contributed by atoms with Crippen LogP contribution >= 0.6 is 0 Å². The number of alkyl halides is 6. The van der Waals surface area contributed by atoms with Crippen LogP contribution in [-0.2, 0) is 27.2 Å². The van der Waals surface area contributed by atoms with Gasteiger partial charge in [-0.15, -0.1) is 0 Å². The Morgan fingerprint density at radius 2 is 1.66 bits per heavy atom. The van der Waals surface area contributed by atoms with Gasteiger partial charge in [-0.1, -0.05) is 25.1 Å². The van der Waals surface area contributed by atoms with Gasteiger partial charge in [-0.3, -0.25) is 14.2 Å². The predicted octanol–water partition coefficient (Wildman–Crippen LogP) is 6.05. The summed E-state index contributed by atoms with van der Waals surface area (Å²) in [6, 6.07) is 12.1. The standard InChI is InChI=1S/C31H28F7N3O5S/c1-3-47(44,45)15-14-40(27(42)17-20-8-13-25(32)24(16-20)31(36,37)38)19(2)28-39-26-7-5-4-6-23(26)29(43)41(28)21-9-11-22(12-10-21)46-18-30(33,34)35/h4-13,16,19H,3,14-15,17-18H2,1-2H3. The SMILES string of the molecule is CCS(=O)(=O)CCN(C(=O)Cc1ccc(F)c(C(F)(F)F)c1)C(C)c1nc2ccccc2c(=O)n1-c1ccc(OCC(F)(F)F)cc1. The van der Waals surface area contributed by atoms with Crippen molar-refractivity contribution in [2.24, 2.45) is 0 Å². The van der Waals surface area contributed by atoms with Crippen molar-refractivity contribution in [3.05, 3.63) is 99.9 Å². The van der Waals surface area contributed by atoms with E-state index in [1.54, 1.807) is 12.1 Å². The van der Waals surface area contributed by atoms with Gasteiger partial charge < -0.3 is 9.64 Å². The van der Waals surface area contributed by atoms with Crippen LogP contribution < -0.4 is 10.3 Å². The van der Waals surface area contributed by atoms with Crippen molar-refractivity contribution in [2.45, 2.75) is 38.7 Å². The van der Waals surface area contributed by atoms with E-state index in [0.29, 0.717) is 12.1 Å². The highest BCUT2D eigenvalue weighted by Gasteiger charge is 2.35. The number of benzene rings is 3. The Labute approximate surface area is 264 Å². The Balaban J connectivity index is 1.81. The molecule has 0 saturated carbocycles. The molecule has 0 N–H and O–H groups in total. The molecular weight excluding hydrogens is 659 g/mol. The maximum atomic E-state index is 13.9. The van der Waals surface area contributed by atoms with Crippen LogP contribution in [0, 0.1) is 5.82 Å². The highest BCUT2D eigenvalue weighted by atomic mass is 32.2. The number of rotatable bonds is 11. The molecule has 4 rings (SSSR count). The summed E-state index contributed by atoms with van der Waals surface area (Å²) < 4.78 is 123. The first kappa shape index (κ1) is 35.4. The fourth-order valence-corrected chi connectivity index (χ4v) is 5.53. The van der Waals surface area contributed by atoms with E-state index in [4.69, 9.17) is 4.74 Å². The molecule has 1 atom stereocenters. The predicted molar refractivity (Wildman–Crippen MR) is 158 cm³/mol. The molecule has 1 amide bonds. The third kappa shape index (κ3) is 8.67. The lowest BCUT2D eigenvalue weighted by molar-refractivity contribution is -0.153. The quantitative estimate of drug-likeness (QED) is 0.178. The Morgan fingerprint density at radius 1 is 1.00 bits per heavy atom. The first-order chi connectivity index (χ1) is 21.9. The number of para-hydroxylation sites is 1. The minimum atomic E-state index is -5.04. The summed E-state index contributed by atoms with van der Waals surface area (Å²) in [5.74, 6) is -3.39. The number of fused-ring (bicyclic) bond motifs is 1. The van der Waals surface area contributed by atoms with Gasteiger partial charge in [-0.2, -0.15) is 26.3 Å². The van der Waals surface area contributed by atoms with E-state index in [9.17, 15) is 48.7 Å². The Bertz CT molecular complexity index is 1930. The van der Waals surface area contributed by atoms with Gasteiger partial charge in [0.05, 0.1) is 40.4 Å². The average molecular weight is 688 g/mol. The lowest BCUT2D eigenvalue weighted by Crippen LogP contribution is -2.41. The number of halogens is 7. The fraction of sp³-hybridized carbons (Fsp3) is 0.323. The molecule has 0 saturated heterocycles. The smallest absolute Gasteiger partial charge is 0.422 e. The van der Waals surface area contributed by atoms with Crippen LogP contribution in [0.1, 0.15) is 36.8 Å². The Kier molecular flexibility index (Phi) is 10.3. The normalized spacial score (nSPS) is 13.0. The molecule has 0 radical (unpaired) electrons. The van der Waals surface area contributed by atoms with Gasteiger partial charge in [0.15, 0.2) is 16.4 Å². The molecule has 0 aliphatic heterocycles. The molecule has 0 aliphatic rings. The molecule has 8 nitrogen and oxygen atoms in total. The summed E-state index contributed by atoms with van der Waals surface area (Å²) in [5.41, 5.74) is -2.07. The topological polar surface area (TPSA) is 98.6 Å². The van der Waals surface area contributed by atoms with Crippen molar-refractivity contribution in [1.29, 1.82) is 0 Å². The van der Waals surface area contributed by atoms with Gasteiger partial charge in [0, 0.05) is 12.3 Å². The van der Waals surface area contributed by atoms with Gasteiger partial charge in [-0.25, -0.2) is 17.8 Å².